The lowest BCUT2D eigenvalue weighted by atomic mass is 10.1. The Labute approximate surface area is 86.1 Å². The first-order valence-electron chi connectivity index (χ1n) is 5.91. The van der Waals surface area contributed by atoms with E-state index in [2.05, 4.69) is 26.9 Å². The maximum absolute atomic E-state index is 4.05. The van der Waals surface area contributed by atoms with E-state index < -0.39 is 8.07 Å². The van der Waals surface area contributed by atoms with Gasteiger partial charge in [0.05, 0.1) is 0 Å². The molecule has 0 rings (SSSR count). The Morgan fingerprint density at radius 3 is 2.00 bits per heavy atom. The van der Waals surface area contributed by atoms with E-state index in [0.29, 0.717) is 0 Å². The summed E-state index contributed by atoms with van der Waals surface area (Å²) in [5, 5.41) is 0. The molecule has 0 aliphatic rings. The molecule has 0 aromatic heterocycles. The quantitative estimate of drug-likeness (QED) is 0.386. The molecule has 0 nitrogen and oxygen atoms in total. The highest BCUT2D eigenvalue weighted by Crippen LogP contribution is 2.19. The van der Waals surface area contributed by atoms with Gasteiger partial charge in [-0.2, -0.15) is 0 Å². The summed E-state index contributed by atoms with van der Waals surface area (Å²) >= 11 is 0. The molecule has 0 unspecified atom stereocenters. The minimum Gasteiger partial charge on any atom is -0.0693 e. The van der Waals surface area contributed by atoms with Gasteiger partial charge in [0.25, 0.3) is 0 Å². The molecule has 0 saturated heterocycles. The zero-order chi connectivity index (χ0) is 10.2. The van der Waals surface area contributed by atoms with Gasteiger partial charge in [-0.25, -0.2) is 0 Å². The highest BCUT2D eigenvalue weighted by atomic mass is 28.3. The summed E-state index contributed by atoms with van der Waals surface area (Å²) in [4.78, 5) is 0. The van der Waals surface area contributed by atoms with Crippen molar-refractivity contribution in [2.24, 2.45) is 0 Å². The van der Waals surface area contributed by atoms with E-state index >= 15 is 0 Å². The fourth-order valence-corrected chi connectivity index (χ4v) is 2.97. The monoisotopic (exact) mass is 199 g/mol. The van der Waals surface area contributed by atoms with Gasteiger partial charge in [-0.3, -0.25) is 0 Å². The first-order valence-corrected chi connectivity index (χ1v) is 9.33. The van der Waals surface area contributed by atoms with Gasteiger partial charge in [0.2, 0.25) is 0 Å². The SMILES string of the molecule is [CH2]C[Si](C)(C)CCCCCCCC. The van der Waals surface area contributed by atoms with Gasteiger partial charge in [0.1, 0.15) is 0 Å². The second-order valence-corrected chi connectivity index (χ2v) is 10.3. The summed E-state index contributed by atoms with van der Waals surface area (Å²) in [7, 11) is -0.857. The average Bonchev–Trinajstić information content (AvgIpc) is 2.11. The molecular weight excluding hydrogens is 172 g/mol. The molecule has 0 atom stereocenters. The predicted molar refractivity (Wildman–Crippen MR) is 65.8 cm³/mol. The van der Waals surface area contributed by atoms with E-state index in [1.807, 2.05) is 0 Å². The number of hydrogen-bond donors (Lipinski definition) is 0. The van der Waals surface area contributed by atoms with Crippen molar-refractivity contribution in [1.82, 2.24) is 0 Å². The van der Waals surface area contributed by atoms with Crippen molar-refractivity contribution < 1.29 is 0 Å². The smallest absolute Gasteiger partial charge is 0.0473 e. The number of hydrogen-bond acceptors (Lipinski definition) is 0. The van der Waals surface area contributed by atoms with Crippen LogP contribution in [0.15, 0.2) is 0 Å². The zero-order valence-corrected chi connectivity index (χ0v) is 10.9. The van der Waals surface area contributed by atoms with Gasteiger partial charge in [-0.15, -0.1) is 0 Å². The standard InChI is InChI=1S/C12H27Si/c1-5-7-8-9-10-11-12-13(3,4)6-2/h2,5-12H2,1,3-4H3. The number of unbranched alkanes of at least 4 members (excludes halogenated alkanes) is 5. The van der Waals surface area contributed by atoms with Crippen LogP contribution in [0.2, 0.25) is 25.2 Å². The van der Waals surface area contributed by atoms with E-state index in [0.717, 1.165) is 0 Å². The minimum absolute atomic E-state index is 0.857. The summed E-state index contributed by atoms with van der Waals surface area (Å²) in [6.07, 6.45) is 8.60. The fourth-order valence-electron chi connectivity index (χ4n) is 1.51. The Morgan fingerprint density at radius 1 is 0.923 bits per heavy atom. The lowest BCUT2D eigenvalue weighted by Crippen LogP contribution is -2.23. The van der Waals surface area contributed by atoms with Crippen molar-refractivity contribution in [3.05, 3.63) is 6.92 Å². The molecule has 0 amide bonds. The van der Waals surface area contributed by atoms with E-state index in [-0.39, 0.29) is 0 Å². The molecule has 0 saturated carbocycles. The molecule has 0 aliphatic heterocycles. The van der Waals surface area contributed by atoms with Crippen LogP contribution < -0.4 is 0 Å². The summed E-state index contributed by atoms with van der Waals surface area (Å²) in [5.74, 6) is 0. The highest BCUT2D eigenvalue weighted by Gasteiger charge is 2.16. The molecule has 0 spiro atoms. The topological polar surface area (TPSA) is 0 Å². The fraction of sp³-hybridized carbons (Fsp3) is 0.917. The van der Waals surface area contributed by atoms with Gasteiger partial charge in [-0.1, -0.05) is 77.6 Å². The van der Waals surface area contributed by atoms with Crippen molar-refractivity contribution in [1.29, 1.82) is 0 Å². The van der Waals surface area contributed by atoms with Crippen molar-refractivity contribution in [3.63, 3.8) is 0 Å². The Kier molecular flexibility index (Phi) is 7.73. The second-order valence-electron chi connectivity index (χ2n) is 4.93. The van der Waals surface area contributed by atoms with Crippen LogP contribution in [0.3, 0.4) is 0 Å². The molecule has 13 heavy (non-hydrogen) atoms. The normalized spacial score (nSPS) is 12.0. The lowest BCUT2D eigenvalue weighted by Gasteiger charge is -2.19. The third-order valence-electron chi connectivity index (χ3n) is 2.88. The van der Waals surface area contributed by atoms with Gasteiger partial charge in [0, 0.05) is 8.07 Å². The Hall–Kier alpha value is 0.217. The van der Waals surface area contributed by atoms with Gasteiger partial charge < -0.3 is 0 Å². The van der Waals surface area contributed by atoms with Crippen LogP contribution >= 0.6 is 0 Å². The van der Waals surface area contributed by atoms with Crippen LogP contribution in [0.25, 0.3) is 0 Å². The molecule has 0 heterocycles. The Balaban J connectivity index is 3.16. The third-order valence-corrected chi connectivity index (χ3v) is 5.94. The average molecular weight is 199 g/mol. The molecule has 0 bridgehead atoms. The molecule has 0 aliphatic carbocycles. The largest absolute Gasteiger partial charge is 0.0693 e. The molecule has 79 valence electrons. The van der Waals surface area contributed by atoms with E-state index in [4.69, 9.17) is 0 Å². The first-order chi connectivity index (χ1) is 6.12. The van der Waals surface area contributed by atoms with Crippen molar-refractivity contribution in [3.8, 4) is 0 Å². The van der Waals surface area contributed by atoms with Crippen molar-refractivity contribution in [2.45, 2.75) is 70.6 Å². The second kappa shape index (κ2) is 7.60. The van der Waals surface area contributed by atoms with E-state index in [9.17, 15) is 0 Å². The molecule has 0 N–H and O–H groups in total. The van der Waals surface area contributed by atoms with E-state index in [1.165, 1.54) is 50.6 Å². The zero-order valence-electron chi connectivity index (χ0n) is 9.86. The first kappa shape index (κ1) is 13.2. The molecule has 0 fully saturated rings. The molecule has 1 radical (unpaired) electrons. The van der Waals surface area contributed by atoms with Crippen molar-refractivity contribution >= 4 is 8.07 Å². The molecular formula is C12H27Si. The van der Waals surface area contributed by atoms with Gasteiger partial charge in [0.15, 0.2) is 0 Å². The van der Waals surface area contributed by atoms with Crippen LogP contribution in [-0.2, 0) is 0 Å². The van der Waals surface area contributed by atoms with Crippen LogP contribution in [0.4, 0.5) is 0 Å². The highest BCUT2D eigenvalue weighted by molar-refractivity contribution is 6.77. The van der Waals surface area contributed by atoms with Gasteiger partial charge in [-0.05, 0) is 0 Å². The summed E-state index contributed by atoms with van der Waals surface area (Å²) in [6, 6.07) is 2.70. The molecule has 1 heteroatoms. The summed E-state index contributed by atoms with van der Waals surface area (Å²) < 4.78 is 0. The Bertz CT molecular complexity index is 108. The summed E-state index contributed by atoms with van der Waals surface area (Å²) in [6.45, 7) is 11.3. The minimum atomic E-state index is -0.857. The molecule has 0 aromatic rings. The number of rotatable bonds is 8. The lowest BCUT2D eigenvalue weighted by molar-refractivity contribution is 0.622. The van der Waals surface area contributed by atoms with Crippen LogP contribution in [-0.4, -0.2) is 8.07 Å². The molecule has 0 aromatic carbocycles. The van der Waals surface area contributed by atoms with Crippen LogP contribution in [0.5, 0.6) is 0 Å². The predicted octanol–water partition coefficient (Wildman–Crippen LogP) is 4.89. The summed E-state index contributed by atoms with van der Waals surface area (Å²) in [5.41, 5.74) is 0. The maximum atomic E-state index is 4.05. The van der Waals surface area contributed by atoms with Crippen molar-refractivity contribution in [2.75, 3.05) is 0 Å². The van der Waals surface area contributed by atoms with E-state index in [1.54, 1.807) is 0 Å². The maximum Gasteiger partial charge on any atom is 0.0473 e. The Morgan fingerprint density at radius 2 is 1.46 bits per heavy atom. The van der Waals surface area contributed by atoms with Gasteiger partial charge >= 0.3 is 0 Å². The third kappa shape index (κ3) is 8.54. The van der Waals surface area contributed by atoms with Crippen LogP contribution in [0.1, 0.15) is 45.4 Å². The van der Waals surface area contributed by atoms with Crippen LogP contribution in [0, 0.1) is 6.92 Å².